The maximum Gasteiger partial charge on any atom is 4.00 e. The maximum absolute atomic E-state index is 10.8. The summed E-state index contributed by atoms with van der Waals surface area (Å²) in [5.41, 5.74) is -0.0556. The molecule has 0 bridgehead atoms. The summed E-state index contributed by atoms with van der Waals surface area (Å²) in [6.45, 7) is 31.1. The molecule has 0 rings (SSSR count). The predicted molar refractivity (Wildman–Crippen MR) is 134 cm³/mol. The summed E-state index contributed by atoms with van der Waals surface area (Å²) in [7, 11) is 0. The van der Waals surface area contributed by atoms with E-state index >= 15 is 0 Å². The van der Waals surface area contributed by atoms with E-state index in [1.165, 1.54) is 0 Å². The van der Waals surface area contributed by atoms with E-state index in [4.69, 9.17) is 0 Å². The summed E-state index contributed by atoms with van der Waals surface area (Å²) in [6, 6.07) is 0. The smallest absolute Gasteiger partial charge is 0.852 e. The van der Waals surface area contributed by atoms with Crippen molar-refractivity contribution in [2.45, 2.75) is 161 Å². The first kappa shape index (κ1) is 43.6. The Balaban J connectivity index is -0.000000105. The molecule has 0 aliphatic carbocycles. The van der Waals surface area contributed by atoms with Crippen LogP contribution in [0.1, 0.15) is 136 Å². The Morgan fingerprint density at radius 2 is 0.485 bits per heavy atom. The van der Waals surface area contributed by atoms with E-state index in [9.17, 15) is 20.4 Å². The normalized spacial score (nSPS) is 15.6. The van der Waals surface area contributed by atoms with E-state index in [-0.39, 0.29) is 43.4 Å². The van der Waals surface area contributed by atoms with Gasteiger partial charge in [0.1, 0.15) is 0 Å². The minimum absolute atomic E-state index is 0. The quantitative estimate of drug-likeness (QED) is 0.445. The Bertz CT molecular complexity index is 346. The fraction of sp³-hybridized carbons (Fsp3) is 1.00. The van der Waals surface area contributed by atoms with Crippen molar-refractivity contribution < 1.29 is 42.1 Å². The molecule has 33 heavy (non-hydrogen) atoms. The van der Waals surface area contributed by atoms with Crippen molar-refractivity contribution in [1.29, 1.82) is 0 Å². The Kier molecular flexibility index (Phi) is 26.0. The maximum atomic E-state index is 10.8. The van der Waals surface area contributed by atoms with Gasteiger partial charge in [-0.2, -0.15) is 0 Å². The summed E-state index contributed by atoms with van der Waals surface area (Å²) in [5.74, 6) is 0. The molecule has 0 aliphatic heterocycles. The summed E-state index contributed by atoms with van der Waals surface area (Å²) in [5, 5.41) is 43.1. The Morgan fingerprint density at radius 1 is 0.394 bits per heavy atom. The van der Waals surface area contributed by atoms with Gasteiger partial charge in [-0.15, -0.1) is 24.4 Å². The zero-order chi connectivity index (χ0) is 27.1. The topological polar surface area (TPSA) is 92.2 Å². The van der Waals surface area contributed by atoms with Crippen molar-refractivity contribution in [3.8, 4) is 0 Å². The average molecular weight is 509 g/mol. The molecule has 200 valence electrons. The molecule has 0 heterocycles. The summed E-state index contributed by atoms with van der Waals surface area (Å²) in [6.07, 6.45) is 2.13. The molecule has 0 radical (unpaired) electrons. The van der Waals surface area contributed by atoms with Crippen LogP contribution in [-0.4, -0.2) is 24.4 Å². The third kappa shape index (κ3) is 22.7. The Morgan fingerprint density at radius 3 is 0.485 bits per heavy atom. The molecule has 0 saturated carbocycles. The SMILES string of the molecule is CCC(C)(C)C(C)[O-].CCC(C)(C)C(C)[O-].CCC(C)(C)C(C)[O-].CCC(C)(C)C(C)[O-].[Ti+4]. The van der Waals surface area contributed by atoms with Crippen molar-refractivity contribution >= 4 is 0 Å². The van der Waals surface area contributed by atoms with E-state index in [0.29, 0.717) is 0 Å². The van der Waals surface area contributed by atoms with Crippen LogP contribution in [0, 0.1) is 21.7 Å². The average Bonchev–Trinajstić information content (AvgIpc) is 2.68. The molecular weight excluding hydrogens is 448 g/mol. The summed E-state index contributed by atoms with van der Waals surface area (Å²) in [4.78, 5) is 0. The molecule has 4 unspecified atom stereocenters. The third-order valence-electron chi connectivity index (χ3n) is 8.05. The van der Waals surface area contributed by atoms with Gasteiger partial charge in [0, 0.05) is 0 Å². The molecule has 0 N–H and O–H groups in total. The van der Waals surface area contributed by atoms with Crippen LogP contribution in [-0.2, 0) is 21.7 Å². The molecule has 0 amide bonds. The van der Waals surface area contributed by atoms with Gasteiger partial charge in [-0.05, 0) is 21.7 Å². The van der Waals surface area contributed by atoms with E-state index < -0.39 is 24.4 Å². The number of hydrogen-bond donors (Lipinski definition) is 0. The van der Waals surface area contributed by atoms with Crippen molar-refractivity contribution in [3.63, 3.8) is 0 Å². The summed E-state index contributed by atoms with van der Waals surface area (Å²) >= 11 is 0. The van der Waals surface area contributed by atoms with Gasteiger partial charge in [-0.3, -0.25) is 0 Å². The monoisotopic (exact) mass is 508 g/mol. The van der Waals surface area contributed by atoms with Gasteiger partial charge < -0.3 is 20.4 Å². The second-order valence-electron chi connectivity index (χ2n) is 11.9. The predicted octanol–water partition coefficient (Wildman–Crippen LogP) is 4.68. The van der Waals surface area contributed by atoms with Gasteiger partial charge in [0.05, 0.1) is 0 Å². The van der Waals surface area contributed by atoms with Crippen LogP contribution in [0.5, 0.6) is 0 Å². The minimum Gasteiger partial charge on any atom is -0.852 e. The van der Waals surface area contributed by atoms with Crippen LogP contribution in [0.2, 0.25) is 0 Å². The van der Waals surface area contributed by atoms with Gasteiger partial charge in [0.25, 0.3) is 0 Å². The molecule has 4 atom stereocenters. The second kappa shape index (κ2) is 19.7. The van der Waals surface area contributed by atoms with E-state index in [1.54, 1.807) is 27.7 Å². The molecule has 4 nitrogen and oxygen atoms in total. The Labute approximate surface area is 224 Å². The van der Waals surface area contributed by atoms with Gasteiger partial charge in [0.15, 0.2) is 0 Å². The first-order valence-corrected chi connectivity index (χ1v) is 12.6. The fourth-order valence-electron chi connectivity index (χ4n) is 1.15. The molecular formula is C28H60O4Ti. The first-order valence-electron chi connectivity index (χ1n) is 12.6. The largest absolute Gasteiger partial charge is 4.00 e. The Hall–Kier alpha value is 0.554. The van der Waals surface area contributed by atoms with Gasteiger partial charge in [-0.25, -0.2) is 0 Å². The van der Waals surface area contributed by atoms with Gasteiger partial charge >= 0.3 is 21.7 Å². The van der Waals surface area contributed by atoms with Crippen LogP contribution in [0.25, 0.3) is 0 Å². The van der Waals surface area contributed by atoms with Crippen LogP contribution < -0.4 is 20.4 Å². The van der Waals surface area contributed by atoms with Gasteiger partial charge in [-0.1, -0.05) is 136 Å². The standard InChI is InChI=1S/4C7H15O.Ti/c4*1-5-7(3,4)6(2)8;/h4*6H,5H2,1-4H3;/q4*-1;+4. The van der Waals surface area contributed by atoms with Crippen molar-refractivity contribution in [1.82, 2.24) is 0 Å². The van der Waals surface area contributed by atoms with E-state index in [0.717, 1.165) is 25.7 Å². The zero-order valence-electron chi connectivity index (χ0n) is 25.3. The third-order valence-corrected chi connectivity index (χ3v) is 8.05. The molecule has 0 spiro atoms. The van der Waals surface area contributed by atoms with E-state index in [2.05, 4.69) is 27.7 Å². The van der Waals surface area contributed by atoms with Gasteiger partial charge in [0.2, 0.25) is 0 Å². The van der Waals surface area contributed by atoms with Crippen LogP contribution in [0.15, 0.2) is 0 Å². The zero-order valence-corrected chi connectivity index (χ0v) is 26.8. The molecule has 0 saturated heterocycles. The van der Waals surface area contributed by atoms with Crippen LogP contribution >= 0.6 is 0 Å². The molecule has 0 fully saturated rings. The number of hydrogen-bond acceptors (Lipinski definition) is 4. The summed E-state index contributed by atoms with van der Waals surface area (Å²) < 4.78 is 0. The second-order valence-corrected chi connectivity index (χ2v) is 11.9. The molecule has 0 aromatic rings. The first-order chi connectivity index (χ1) is 14.0. The fourth-order valence-corrected chi connectivity index (χ4v) is 1.15. The van der Waals surface area contributed by atoms with Crippen LogP contribution in [0.3, 0.4) is 0 Å². The van der Waals surface area contributed by atoms with Crippen molar-refractivity contribution in [2.75, 3.05) is 0 Å². The van der Waals surface area contributed by atoms with Crippen LogP contribution in [0.4, 0.5) is 0 Å². The molecule has 5 heteroatoms. The minimum atomic E-state index is -0.438. The van der Waals surface area contributed by atoms with Crippen molar-refractivity contribution in [3.05, 3.63) is 0 Å². The van der Waals surface area contributed by atoms with Crippen molar-refractivity contribution in [2.24, 2.45) is 21.7 Å². The van der Waals surface area contributed by atoms with E-state index in [1.807, 2.05) is 55.4 Å². The molecule has 0 aromatic carbocycles. The molecule has 0 aromatic heterocycles. The molecule has 0 aliphatic rings. The number of rotatable bonds is 8.